The van der Waals surface area contributed by atoms with E-state index < -0.39 is 0 Å². The van der Waals surface area contributed by atoms with Gasteiger partial charge in [0.05, 0.1) is 38.0 Å². The first-order valence-electron chi connectivity index (χ1n) is 9.39. The normalized spacial score (nSPS) is 15.6. The topological polar surface area (TPSA) is 65.9 Å². The van der Waals surface area contributed by atoms with Crippen LogP contribution in [-0.4, -0.2) is 59.8 Å². The Kier molecular flexibility index (Phi) is 6.82. The van der Waals surface area contributed by atoms with Gasteiger partial charge in [-0.1, -0.05) is 6.92 Å². The maximum atomic E-state index is 13.5. The number of anilines is 1. The number of aromatic nitrogens is 1. The van der Waals surface area contributed by atoms with Crippen LogP contribution in [-0.2, 0) is 11.3 Å². The first kappa shape index (κ1) is 19.8. The van der Waals surface area contributed by atoms with Crippen LogP contribution >= 0.6 is 11.3 Å². The molecule has 2 aromatic heterocycles. The lowest BCUT2D eigenvalue weighted by molar-refractivity contribution is 0.0566. The standard InChI is InChI=1S/C20H27N3O3S/c1-3-16(14-24)23(13-17-7-6-15(2)27-17)20(25)18-5-4-8-21-19(18)22-9-11-26-12-10-22/h4-8,16,24H,3,9-14H2,1-2H3. The zero-order valence-corrected chi connectivity index (χ0v) is 16.7. The number of nitrogens with zero attached hydrogens (tertiary/aromatic N) is 3. The average molecular weight is 390 g/mol. The number of hydrogen-bond acceptors (Lipinski definition) is 6. The predicted molar refractivity (Wildman–Crippen MR) is 107 cm³/mol. The zero-order chi connectivity index (χ0) is 19.2. The third kappa shape index (κ3) is 4.66. The Morgan fingerprint density at radius 1 is 1.37 bits per heavy atom. The van der Waals surface area contributed by atoms with Gasteiger partial charge in [-0.25, -0.2) is 4.98 Å². The minimum atomic E-state index is -0.224. The fourth-order valence-corrected chi connectivity index (χ4v) is 4.19. The largest absolute Gasteiger partial charge is 0.394 e. The fraction of sp³-hybridized carbons (Fsp3) is 0.500. The van der Waals surface area contributed by atoms with E-state index in [1.165, 1.54) is 4.88 Å². The fourth-order valence-electron chi connectivity index (χ4n) is 3.30. The molecule has 0 saturated carbocycles. The van der Waals surface area contributed by atoms with Crippen LogP contribution < -0.4 is 4.90 Å². The zero-order valence-electron chi connectivity index (χ0n) is 15.9. The number of aliphatic hydroxyl groups is 1. The van der Waals surface area contributed by atoms with Gasteiger partial charge >= 0.3 is 0 Å². The predicted octanol–water partition coefficient (Wildman–Crippen LogP) is 2.70. The van der Waals surface area contributed by atoms with E-state index in [4.69, 9.17) is 4.74 Å². The first-order chi connectivity index (χ1) is 13.1. The Morgan fingerprint density at radius 2 is 2.15 bits per heavy atom. The first-order valence-corrected chi connectivity index (χ1v) is 10.2. The molecule has 1 fully saturated rings. The SMILES string of the molecule is CCC(CO)N(Cc1ccc(C)s1)C(=O)c1cccnc1N1CCOCC1. The molecule has 0 radical (unpaired) electrons. The van der Waals surface area contributed by atoms with Gasteiger partial charge in [0.15, 0.2) is 0 Å². The lowest BCUT2D eigenvalue weighted by Crippen LogP contribution is -2.43. The molecule has 3 rings (SSSR count). The second kappa shape index (κ2) is 9.30. The summed E-state index contributed by atoms with van der Waals surface area (Å²) >= 11 is 1.68. The smallest absolute Gasteiger partial charge is 0.258 e. The van der Waals surface area contributed by atoms with Gasteiger partial charge < -0.3 is 19.6 Å². The number of morpholine rings is 1. The Bertz CT molecular complexity index is 754. The van der Waals surface area contributed by atoms with Crippen molar-refractivity contribution in [1.29, 1.82) is 0 Å². The number of aliphatic hydroxyl groups excluding tert-OH is 1. The number of amides is 1. The molecule has 1 N–H and O–H groups in total. The molecule has 7 heteroatoms. The molecule has 2 aromatic rings. The number of ether oxygens (including phenoxy) is 1. The van der Waals surface area contributed by atoms with Gasteiger partial charge in [0.25, 0.3) is 5.91 Å². The minimum absolute atomic E-state index is 0.0558. The van der Waals surface area contributed by atoms with E-state index in [1.807, 2.05) is 13.0 Å². The molecule has 27 heavy (non-hydrogen) atoms. The highest BCUT2D eigenvalue weighted by atomic mass is 32.1. The van der Waals surface area contributed by atoms with E-state index in [1.54, 1.807) is 28.5 Å². The van der Waals surface area contributed by atoms with Gasteiger partial charge in [0.2, 0.25) is 0 Å². The summed E-state index contributed by atoms with van der Waals surface area (Å²) in [6, 6.07) is 7.52. The maximum Gasteiger partial charge on any atom is 0.258 e. The van der Waals surface area contributed by atoms with E-state index in [2.05, 4.69) is 28.9 Å². The number of hydrogen-bond donors (Lipinski definition) is 1. The molecule has 1 saturated heterocycles. The van der Waals surface area contributed by atoms with Gasteiger partial charge in [0.1, 0.15) is 5.82 Å². The van der Waals surface area contributed by atoms with Gasteiger partial charge in [-0.2, -0.15) is 0 Å². The van der Waals surface area contributed by atoms with Crippen molar-refractivity contribution in [2.24, 2.45) is 0 Å². The number of thiophene rings is 1. The summed E-state index contributed by atoms with van der Waals surface area (Å²) in [5.41, 5.74) is 0.583. The molecule has 0 spiro atoms. The van der Waals surface area contributed by atoms with Gasteiger partial charge in [-0.3, -0.25) is 4.79 Å². The maximum absolute atomic E-state index is 13.5. The summed E-state index contributed by atoms with van der Waals surface area (Å²) in [5.74, 6) is 0.613. The number of aryl methyl sites for hydroxylation is 1. The molecule has 6 nitrogen and oxygen atoms in total. The summed E-state index contributed by atoms with van der Waals surface area (Å²) in [6.07, 6.45) is 2.41. The monoisotopic (exact) mass is 389 g/mol. The molecule has 1 unspecified atom stereocenters. The average Bonchev–Trinajstić information content (AvgIpc) is 3.13. The molecule has 1 aliphatic heterocycles. The van der Waals surface area contributed by atoms with Crippen LogP contribution in [0.25, 0.3) is 0 Å². The molecule has 0 bridgehead atoms. The lowest BCUT2D eigenvalue weighted by atomic mass is 10.1. The molecular formula is C20H27N3O3S. The number of carbonyl (C=O) groups is 1. The van der Waals surface area contributed by atoms with Crippen molar-refractivity contribution < 1.29 is 14.6 Å². The van der Waals surface area contributed by atoms with Crippen LogP contribution in [0.2, 0.25) is 0 Å². The van der Waals surface area contributed by atoms with Crippen LogP contribution in [0, 0.1) is 6.92 Å². The highest BCUT2D eigenvalue weighted by Crippen LogP contribution is 2.25. The van der Waals surface area contributed by atoms with E-state index in [9.17, 15) is 9.90 Å². The van der Waals surface area contributed by atoms with E-state index in [0.29, 0.717) is 37.6 Å². The highest BCUT2D eigenvalue weighted by molar-refractivity contribution is 7.11. The van der Waals surface area contributed by atoms with Crippen molar-refractivity contribution in [2.75, 3.05) is 37.8 Å². The van der Waals surface area contributed by atoms with Gasteiger partial charge in [-0.05, 0) is 37.6 Å². The van der Waals surface area contributed by atoms with Crippen molar-refractivity contribution in [3.8, 4) is 0 Å². The third-order valence-corrected chi connectivity index (χ3v) is 5.82. The molecule has 1 amide bonds. The minimum Gasteiger partial charge on any atom is -0.394 e. The number of pyridine rings is 1. The van der Waals surface area contributed by atoms with Crippen LogP contribution in [0.15, 0.2) is 30.5 Å². The molecule has 3 heterocycles. The Morgan fingerprint density at radius 3 is 2.78 bits per heavy atom. The van der Waals surface area contributed by atoms with Crippen LogP contribution in [0.1, 0.15) is 33.5 Å². The molecular weight excluding hydrogens is 362 g/mol. The van der Waals surface area contributed by atoms with Crippen molar-refractivity contribution in [3.63, 3.8) is 0 Å². The van der Waals surface area contributed by atoms with Crippen molar-refractivity contribution in [3.05, 3.63) is 45.8 Å². The van der Waals surface area contributed by atoms with Crippen LogP contribution in [0.5, 0.6) is 0 Å². The van der Waals surface area contributed by atoms with E-state index >= 15 is 0 Å². The van der Waals surface area contributed by atoms with E-state index in [0.717, 1.165) is 18.0 Å². The van der Waals surface area contributed by atoms with Crippen LogP contribution in [0.4, 0.5) is 5.82 Å². The highest BCUT2D eigenvalue weighted by Gasteiger charge is 2.28. The second-order valence-electron chi connectivity index (χ2n) is 6.66. The summed E-state index contributed by atoms with van der Waals surface area (Å²) in [5, 5.41) is 9.86. The number of rotatable bonds is 7. The summed E-state index contributed by atoms with van der Waals surface area (Å²) in [7, 11) is 0. The van der Waals surface area contributed by atoms with Gasteiger partial charge in [0, 0.05) is 29.0 Å². The number of carbonyl (C=O) groups excluding carboxylic acids is 1. The summed E-state index contributed by atoms with van der Waals surface area (Å²) < 4.78 is 5.43. The molecule has 1 atom stereocenters. The van der Waals surface area contributed by atoms with Gasteiger partial charge in [-0.15, -0.1) is 11.3 Å². The Balaban J connectivity index is 1.91. The molecule has 1 aliphatic rings. The molecule has 146 valence electrons. The Hall–Kier alpha value is -1.96. The van der Waals surface area contributed by atoms with E-state index in [-0.39, 0.29) is 18.6 Å². The van der Waals surface area contributed by atoms with Crippen LogP contribution in [0.3, 0.4) is 0 Å². The molecule has 0 aromatic carbocycles. The third-order valence-electron chi connectivity index (χ3n) is 4.83. The summed E-state index contributed by atoms with van der Waals surface area (Å²) in [6.45, 7) is 7.20. The Labute approximate surface area is 164 Å². The lowest BCUT2D eigenvalue weighted by Gasteiger charge is -2.33. The van der Waals surface area contributed by atoms with Crippen molar-refractivity contribution in [1.82, 2.24) is 9.88 Å². The van der Waals surface area contributed by atoms with Crippen molar-refractivity contribution in [2.45, 2.75) is 32.9 Å². The van der Waals surface area contributed by atoms with Crippen molar-refractivity contribution >= 4 is 23.1 Å². The quantitative estimate of drug-likeness (QED) is 0.789. The summed E-state index contributed by atoms with van der Waals surface area (Å²) in [4.78, 5) is 24.2. The molecule has 0 aliphatic carbocycles. The second-order valence-corrected chi connectivity index (χ2v) is 8.04.